The third kappa shape index (κ3) is 3.06. The van der Waals surface area contributed by atoms with Crippen molar-refractivity contribution in [2.75, 3.05) is 0 Å². The predicted octanol–water partition coefficient (Wildman–Crippen LogP) is 4.15. The Kier molecular flexibility index (Phi) is 3.75. The molecule has 1 aromatic rings. The van der Waals surface area contributed by atoms with E-state index >= 15 is 0 Å². The smallest absolute Gasteiger partial charge is 0.0153 e. The second-order valence-electron chi connectivity index (χ2n) is 3.65. The summed E-state index contributed by atoms with van der Waals surface area (Å²) in [5.41, 5.74) is 2.90. The van der Waals surface area contributed by atoms with E-state index in [2.05, 4.69) is 57.2 Å². The van der Waals surface area contributed by atoms with Crippen LogP contribution in [-0.2, 0) is 0 Å². The lowest BCUT2D eigenvalue weighted by atomic mass is 9.94. The average molecular weight is 174 g/mol. The number of benzene rings is 1. The van der Waals surface area contributed by atoms with Crippen molar-refractivity contribution in [1.82, 2.24) is 0 Å². The van der Waals surface area contributed by atoms with Gasteiger partial charge in [-0.2, -0.15) is 0 Å². The molecule has 0 aromatic heterocycles. The van der Waals surface area contributed by atoms with Crippen LogP contribution in [0.2, 0.25) is 0 Å². The molecular weight excluding hydrogens is 156 g/mol. The molecule has 0 aliphatic heterocycles. The molecule has 1 atom stereocenters. The van der Waals surface area contributed by atoms with E-state index in [0.29, 0.717) is 5.92 Å². The lowest BCUT2D eigenvalue weighted by Gasteiger charge is -2.11. The fourth-order valence-corrected chi connectivity index (χ4v) is 1.50. The van der Waals surface area contributed by atoms with Gasteiger partial charge in [0, 0.05) is 0 Å². The molecule has 0 fully saturated rings. The number of rotatable bonds is 3. The van der Waals surface area contributed by atoms with E-state index in [-0.39, 0.29) is 0 Å². The zero-order valence-electron chi connectivity index (χ0n) is 8.75. The largest absolute Gasteiger partial charge is 0.0887 e. The zero-order valence-corrected chi connectivity index (χ0v) is 8.75. The summed E-state index contributed by atoms with van der Waals surface area (Å²) in [5, 5.41) is 0. The molecule has 0 aliphatic rings. The quantitative estimate of drug-likeness (QED) is 0.604. The molecule has 0 amide bonds. The van der Waals surface area contributed by atoms with Crippen LogP contribution in [0.25, 0.3) is 0 Å². The van der Waals surface area contributed by atoms with Gasteiger partial charge in [0.25, 0.3) is 0 Å². The van der Waals surface area contributed by atoms with Gasteiger partial charge in [0.2, 0.25) is 0 Å². The first-order chi connectivity index (χ1) is 6.24. The second kappa shape index (κ2) is 4.86. The highest BCUT2D eigenvalue weighted by molar-refractivity contribution is 5.20. The lowest BCUT2D eigenvalue weighted by molar-refractivity contribution is 0.750. The van der Waals surface area contributed by atoms with Crippen molar-refractivity contribution < 1.29 is 0 Å². The fourth-order valence-electron chi connectivity index (χ4n) is 1.50. The number of hydrogen-bond donors (Lipinski definition) is 0. The van der Waals surface area contributed by atoms with Crippen molar-refractivity contribution in [2.45, 2.75) is 33.1 Å². The molecule has 0 N–H and O–H groups in total. The molecule has 1 unspecified atom stereocenters. The molecular formula is C13H18. The molecule has 0 heterocycles. The first-order valence-corrected chi connectivity index (χ1v) is 4.90. The molecule has 0 aliphatic carbocycles. The topological polar surface area (TPSA) is 0 Å². The first kappa shape index (κ1) is 10.0. The highest BCUT2D eigenvalue weighted by Crippen LogP contribution is 2.22. The molecule has 0 nitrogen and oxygen atoms in total. The van der Waals surface area contributed by atoms with Gasteiger partial charge in [0.05, 0.1) is 0 Å². The minimum Gasteiger partial charge on any atom is -0.0887 e. The normalized spacial score (nSPS) is 14.2. The van der Waals surface area contributed by atoms with Gasteiger partial charge in [0.1, 0.15) is 0 Å². The van der Waals surface area contributed by atoms with Crippen LogP contribution in [0, 0.1) is 0 Å². The molecule has 0 saturated heterocycles. The Labute approximate surface area is 81.3 Å². The molecule has 0 bridgehead atoms. The summed E-state index contributed by atoms with van der Waals surface area (Å²) in [6.07, 6.45) is 3.36. The summed E-state index contributed by atoms with van der Waals surface area (Å²) in [4.78, 5) is 0. The van der Waals surface area contributed by atoms with Crippen LogP contribution in [0.4, 0.5) is 0 Å². The van der Waals surface area contributed by atoms with Gasteiger partial charge in [-0.05, 0) is 31.7 Å². The second-order valence-corrected chi connectivity index (χ2v) is 3.65. The van der Waals surface area contributed by atoms with E-state index in [0.717, 1.165) is 0 Å². The Morgan fingerprint density at radius 2 is 1.92 bits per heavy atom. The molecule has 70 valence electrons. The van der Waals surface area contributed by atoms with Crippen molar-refractivity contribution >= 4 is 0 Å². The Morgan fingerprint density at radius 1 is 1.31 bits per heavy atom. The van der Waals surface area contributed by atoms with E-state index in [1.54, 1.807) is 0 Å². The van der Waals surface area contributed by atoms with E-state index in [4.69, 9.17) is 0 Å². The van der Waals surface area contributed by atoms with Crippen molar-refractivity contribution in [3.63, 3.8) is 0 Å². The minimum atomic E-state index is 0.636. The summed E-state index contributed by atoms with van der Waals surface area (Å²) in [5.74, 6) is 0.636. The Balaban J connectivity index is 2.64. The molecule has 13 heavy (non-hydrogen) atoms. The lowest BCUT2D eigenvalue weighted by Crippen LogP contribution is -1.93. The monoisotopic (exact) mass is 174 g/mol. The molecule has 1 rings (SSSR count). The van der Waals surface area contributed by atoms with E-state index in [1.165, 1.54) is 17.6 Å². The van der Waals surface area contributed by atoms with Crippen LogP contribution >= 0.6 is 0 Å². The number of hydrogen-bond acceptors (Lipinski definition) is 0. The maximum Gasteiger partial charge on any atom is -0.0153 e. The predicted molar refractivity (Wildman–Crippen MR) is 58.9 cm³/mol. The van der Waals surface area contributed by atoms with Crippen LogP contribution in [-0.4, -0.2) is 0 Å². The molecule has 0 heteroatoms. The molecule has 0 radical (unpaired) electrons. The third-order valence-corrected chi connectivity index (χ3v) is 2.49. The van der Waals surface area contributed by atoms with E-state index < -0.39 is 0 Å². The Bertz CT molecular complexity index is 269. The van der Waals surface area contributed by atoms with E-state index in [9.17, 15) is 0 Å². The summed E-state index contributed by atoms with van der Waals surface area (Å²) in [7, 11) is 0. The van der Waals surface area contributed by atoms with Crippen molar-refractivity contribution in [2.24, 2.45) is 0 Å². The van der Waals surface area contributed by atoms with Crippen LogP contribution < -0.4 is 0 Å². The summed E-state index contributed by atoms with van der Waals surface area (Å²) >= 11 is 0. The van der Waals surface area contributed by atoms with Crippen LogP contribution in [0.5, 0.6) is 0 Å². The molecule has 1 aromatic carbocycles. The van der Waals surface area contributed by atoms with Gasteiger partial charge in [0.15, 0.2) is 0 Å². The van der Waals surface area contributed by atoms with Gasteiger partial charge in [-0.3, -0.25) is 0 Å². The summed E-state index contributed by atoms with van der Waals surface area (Å²) < 4.78 is 0. The van der Waals surface area contributed by atoms with Crippen molar-refractivity contribution in [3.8, 4) is 0 Å². The van der Waals surface area contributed by atoms with Crippen LogP contribution in [0.3, 0.4) is 0 Å². The SMILES string of the molecule is C/C=C(\C)CC(C)c1ccccc1. The standard InChI is InChI=1S/C13H18/c1-4-11(2)10-12(3)13-8-6-5-7-9-13/h4-9,12H,10H2,1-3H3/b11-4+. The zero-order chi connectivity index (χ0) is 9.68. The molecule has 0 saturated carbocycles. The fraction of sp³-hybridized carbons (Fsp3) is 0.385. The van der Waals surface area contributed by atoms with Gasteiger partial charge >= 0.3 is 0 Å². The maximum absolute atomic E-state index is 2.28. The van der Waals surface area contributed by atoms with Crippen LogP contribution in [0.1, 0.15) is 38.7 Å². The van der Waals surface area contributed by atoms with Crippen molar-refractivity contribution in [3.05, 3.63) is 47.5 Å². The average Bonchev–Trinajstić information content (AvgIpc) is 2.19. The Hall–Kier alpha value is -1.04. The maximum atomic E-state index is 2.28. The third-order valence-electron chi connectivity index (χ3n) is 2.49. The Morgan fingerprint density at radius 3 is 2.46 bits per heavy atom. The highest BCUT2D eigenvalue weighted by atomic mass is 14.1. The van der Waals surface area contributed by atoms with Gasteiger partial charge < -0.3 is 0 Å². The molecule has 0 spiro atoms. The highest BCUT2D eigenvalue weighted by Gasteiger charge is 2.04. The van der Waals surface area contributed by atoms with Gasteiger partial charge in [-0.1, -0.05) is 48.9 Å². The van der Waals surface area contributed by atoms with Gasteiger partial charge in [-0.25, -0.2) is 0 Å². The van der Waals surface area contributed by atoms with E-state index in [1.807, 2.05) is 0 Å². The van der Waals surface area contributed by atoms with Crippen molar-refractivity contribution in [1.29, 1.82) is 0 Å². The minimum absolute atomic E-state index is 0.636. The number of allylic oxidation sites excluding steroid dienone is 2. The summed E-state index contributed by atoms with van der Waals surface area (Å²) in [6, 6.07) is 10.7. The first-order valence-electron chi connectivity index (χ1n) is 4.90. The van der Waals surface area contributed by atoms with Gasteiger partial charge in [-0.15, -0.1) is 0 Å². The van der Waals surface area contributed by atoms with Crippen LogP contribution in [0.15, 0.2) is 42.0 Å². The summed E-state index contributed by atoms with van der Waals surface area (Å²) in [6.45, 7) is 6.58.